The molecule has 2 aromatic carbocycles. The fourth-order valence-corrected chi connectivity index (χ4v) is 6.47. The van der Waals surface area contributed by atoms with Crippen molar-refractivity contribution in [2.45, 2.75) is 50.6 Å². The third kappa shape index (κ3) is 5.41. The molecule has 1 aromatic heterocycles. The predicted molar refractivity (Wildman–Crippen MR) is 156 cm³/mol. The molecule has 6 rings (SSSR count). The van der Waals surface area contributed by atoms with Crippen LogP contribution in [-0.4, -0.2) is 42.7 Å². The van der Waals surface area contributed by atoms with Crippen LogP contribution in [0.1, 0.15) is 54.1 Å². The molecular formula is C31H35N5O4. The summed E-state index contributed by atoms with van der Waals surface area (Å²) in [6.07, 6.45) is 5.29. The van der Waals surface area contributed by atoms with E-state index in [0.29, 0.717) is 35.2 Å². The molecule has 0 spiro atoms. The van der Waals surface area contributed by atoms with Gasteiger partial charge in [0.1, 0.15) is 5.75 Å². The van der Waals surface area contributed by atoms with Crippen LogP contribution in [0.25, 0.3) is 0 Å². The van der Waals surface area contributed by atoms with E-state index in [0.717, 1.165) is 56.6 Å². The summed E-state index contributed by atoms with van der Waals surface area (Å²) in [6.45, 7) is 2.17. The topological polar surface area (TPSA) is 105 Å². The Hall–Kier alpha value is -4.27. The number of nitrogens with one attached hydrogen (secondary N) is 3. The number of carbonyl (C=O) groups is 2. The van der Waals surface area contributed by atoms with Gasteiger partial charge in [0.05, 0.1) is 18.5 Å². The first-order chi connectivity index (χ1) is 19.5. The zero-order chi connectivity index (χ0) is 27.6. The summed E-state index contributed by atoms with van der Waals surface area (Å²) < 4.78 is 7.18. The number of carbonyl (C=O) groups excluding carboxylic acids is 2. The first kappa shape index (κ1) is 26.0. The molecule has 9 heteroatoms. The minimum Gasteiger partial charge on any atom is -0.497 e. The second kappa shape index (κ2) is 11.1. The third-order valence-corrected chi connectivity index (χ3v) is 8.35. The first-order valence-electron chi connectivity index (χ1n) is 14.1. The molecule has 3 aromatic rings. The van der Waals surface area contributed by atoms with Gasteiger partial charge in [0.15, 0.2) is 0 Å². The van der Waals surface area contributed by atoms with Crippen molar-refractivity contribution >= 4 is 29.0 Å². The Morgan fingerprint density at radius 2 is 1.75 bits per heavy atom. The second-order valence-electron chi connectivity index (χ2n) is 11.1. The highest BCUT2D eigenvalue weighted by molar-refractivity contribution is 6.04. The molecule has 1 saturated heterocycles. The third-order valence-electron chi connectivity index (χ3n) is 8.35. The van der Waals surface area contributed by atoms with Crippen LogP contribution in [-0.2, 0) is 6.54 Å². The van der Waals surface area contributed by atoms with Crippen LogP contribution in [0.4, 0.5) is 21.9 Å². The summed E-state index contributed by atoms with van der Waals surface area (Å²) in [7, 11) is 1.58. The lowest BCUT2D eigenvalue weighted by molar-refractivity contribution is 0.0938. The van der Waals surface area contributed by atoms with E-state index < -0.39 is 6.03 Å². The summed E-state index contributed by atoms with van der Waals surface area (Å²) in [4.78, 5) is 41.0. The maximum atomic E-state index is 13.2. The van der Waals surface area contributed by atoms with Gasteiger partial charge in [-0.15, -0.1) is 0 Å². The van der Waals surface area contributed by atoms with Crippen LogP contribution in [0.3, 0.4) is 0 Å². The van der Waals surface area contributed by atoms with Gasteiger partial charge in [0.25, 0.3) is 11.5 Å². The number of hydrogen-bond donors (Lipinski definition) is 3. The van der Waals surface area contributed by atoms with E-state index in [2.05, 4.69) is 20.9 Å². The minimum absolute atomic E-state index is 0.0508. The maximum absolute atomic E-state index is 13.2. The van der Waals surface area contributed by atoms with Gasteiger partial charge in [0.2, 0.25) is 0 Å². The molecule has 3 amide bonds. The maximum Gasteiger partial charge on any atom is 0.323 e. The molecule has 208 valence electrons. The quantitative estimate of drug-likeness (QED) is 0.416. The largest absolute Gasteiger partial charge is 0.497 e. The molecule has 2 aliphatic heterocycles. The lowest BCUT2D eigenvalue weighted by atomic mass is 9.83. The van der Waals surface area contributed by atoms with E-state index in [4.69, 9.17) is 4.74 Å². The van der Waals surface area contributed by atoms with E-state index in [1.165, 1.54) is 0 Å². The molecule has 2 unspecified atom stereocenters. The monoisotopic (exact) mass is 541 g/mol. The second-order valence-corrected chi connectivity index (χ2v) is 11.1. The highest BCUT2D eigenvalue weighted by Gasteiger charge is 2.35. The number of amides is 3. The molecular weight excluding hydrogens is 506 g/mol. The highest BCUT2D eigenvalue weighted by Crippen LogP contribution is 2.39. The molecule has 1 aliphatic carbocycles. The van der Waals surface area contributed by atoms with Crippen LogP contribution >= 0.6 is 0 Å². The van der Waals surface area contributed by atoms with Gasteiger partial charge in [-0.1, -0.05) is 25.0 Å². The lowest BCUT2D eigenvalue weighted by Gasteiger charge is -2.44. The van der Waals surface area contributed by atoms with Crippen molar-refractivity contribution in [2.75, 3.05) is 35.7 Å². The summed E-state index contributed by atoms with van der Waals surface area (Å²) in [5, 5.41) is 9.03. The zero-order valence-electron chi connectivity index (χ0n) is 22.7. The molecule has 2 bridgehead atoms. The predicted octanol–water partition coefficient (Wildman–Crippen LogP) is 4.80. The number of hydrogen-bond acceptors (Lipinski definition) is 5. The number of nitrogens with zero attached hydrogens (tertiary/aromatic N) is 2. The van der Waals surface area contributed by atoms with E-state index in [1.807, 2.05) is 41.0 Å². The van der Waals surface area contributed by atoms with Crippen LogP contribution in [0, 0.1) is 5.92 Å². The molecule has 3 N–H and O–H groups in total. The summed E-state index contributed by atoms with van der Waals surface area (Å²) in [5.74, 6) is 1.04. The van der Waals surface area contributed by atoms with E-state index in [9.17, 15) is 14.4 Å². The standard InChI is InChI=1S/C31H35N5O4/c1-40-25-9-4-8-24(16-25)33-31(39)34-26-15-21(30(38)32-23-6-2-3-7-23)12-13-28(26)35-17-20-14-22(19-35)27-10-5-11-29(37)36(27)18-20/h4-5,8-13,15-16,20,22-23H,2-3,6-7,14,17-19H2,1H3,(H,32,38)(H2,33,34,39). The van der Waals surface area contributed by atoms with Crippen molar-refractivity contribution in [3.05, 3.63) is 82.3 Å². The molecule has 2 atom stereocenters. The number of piperidine rings is 1. The number of aromatic nitrogens is 1. The highest BCUT2D eigenvalue weighted by atomic mass is 16.5. The molecule has 9 nitrogen and oxygen atoms in total. The summed E-state index contributed by atoms with van der Waals surface area (Å²) in [6, 6.07) is 18.0. The average molecular weight is 542 g/mol. The Morgan fingerprint density at radius 3 is 2.58 bits per heavy atom. The van der Waals surface area contributed by atoms with Crippen LogP contribution in [0.2, 0.25) is 0 Å². The van der Waals surface area contributed by atoms with Gasteiger partial charge in [-0.2, -0.15) is 0 Å². The summed E-state index contributed by atoms with van der Waals surface area (Å²) in [5.41, 5.74) is 3.66. The molecule has 2 fully saturated rings. The fraction of sp³-hybridized carbons (Fsp3) is 0.387. The molecule has 3 aliphatic rings. The Bertz CT molecular complexity index is 1480. The van der Waals surface area contributed by atoms with E-state index in [1.54, 1.807) is 31.4 Å². The molecule has 0 radical (unpaired) electrons. The normalized spacial score (nSPS) is 20.0. The number of methoxy groups -OCH3 is 1. The SMILES string of the molecule is COc1cccc(NC(=O)Nc2cc(C(=O)NC3CCCC3)ccc2N2CC3CC(C2)c2cccc(=O)n2C3)c1. The number of pyridine rings is 1. The smallest absolute Gasteiger partial charge is 0.323 e. The Labute approximate surface area is 233 Å². The summed E-state index contributed by atoms with van der Waals surface area (Å²) >= 11 is 0. The molecule has 40 heavy (non-hydrogen) atoms. The fourth-order valence-electron chi connectivity index (χ4n) is 6.47. The first-order valence-corrected chi connectivity index (χ1v) is 14.1. The van der Waals surface area contributed by atoms with Crippen molar-refractivity contribution in [2.24, 2.45) is 5.92 Å². The number of benzene rings is 2. The van der Waals surface area contributed by atoms with Crippen molar-refractivity contribution < 1.29 is 14.3 Å². The Morgan fingerprint density at radius 1 is 0.925 bits per heavy atom. The number of rotatable bonds is 6. The zero-order valence-corrected chi connectivity index (χ0v) is 22.7. The lowest BCUT2D eigenvalue weighted by Crippen LogP contribution is -2.47. The van der Waals surface area contributed by atoms with Crippen LogP contribution < -0.4 is 31.1 Å². The minimum atomic E-state index is -0.406. The average Bonchev–Trinajstić information content (AvgIpc) is 3.46. The van der Waals surface area contributed by atoms with Crippen molar-refractivity contribution in [3.63, 3.8) is 0 Å². The molecule has 1 saturated carbocycles. The van der Waals surface area contributed by atoms with E-state index >= 15 is 0 Å². The van der Waals surface area contributed by atoms with Crippen molar-refractivity contribution in [1.29, 1.82) is 0 Å². The van der Waals surface area contributed by atoms with Crippen LogP contribution in [0.15, 0.2) is 65.5 Å². The van der Waals surface area contributed by atoms with Crippen molar-refractivity contribution in [3.8, 4) is 5.75 Å². The molecule has 3 heterocycles. The number of fused-ring (bicyclic) bond motifs is 4. The van der Waals surface area contributed by atoms with Gasteiger partial charge in [-0.25, -0.2) is 4.79 Å². The van der Waals surface area contributed by atoms with Gasteiger partial charge < -0.3 is 30.2 Å². The number of urea groups is 1. The van der Waals surface area contributed by atoms with Crippen molar-refractivity contribution in [1.82, 2.24) is 9.88 Å². The van der Waals surface area contributed by atoms with Gasteiger partial charge >= 0.3 is 6.03 Å². The Kier molecular flexibility index (Phi) is 7.19. The van der Waals surface area contributed by atoms with Crippen LogP contribution in [0.5, 0.6) is 5.75 Å². The number of anilines is 3. The van der Waals surface area contributed by atoms with Gasteiger partial charge in [-0.05, 0) is 61.6 Å². The van der Waals surface area contributed by atoms with Gasteiger partial charge in [0, 0.05) is 60.7 Å². The van der Waals surface area contributed by atoms with Gasteiger partial charge in [-0.3, -0.25) is 9.59 Å². The Balaban J connectivity index is 1.28. The van der Waals surface area contributed by atoms with E-state index in [-0.39, 0.29) is 23.4 Å². The number of ether oxygens (including phenoxy) is 1.